The smallest absolute Gasteiger partial charge is 0.244 e. The van der Waals surface area contributed by atoms with Gasteiger partial charge in [-0.15, -0.1) is 0 Å². The molecule has 2 rings (SSSR count). The summed E-state index contributed by atoms with van der Waals surface area (Å²) in [7, 11) is 0. The molecule has 19 heavy (non-hydrogen) atoms. The van der Waals surface area contributed by atoms with Crippen molar-refractivity contribution in [2.45, 2.75) is 13.0 Å². The van der Waals surface area contributed by atoms with Gasteiger partial charge in [0.2, 0.25) is 5.91 Å². The van der Waals surface area contributed by atoms with Crippen molar-refractivity contribution in [1.82, 2.24) is 5.32 Å². The fourth-order valence-corrected chi connectivity index (χ4v) is 2.34. The summed E-state index contributed by atoms with van der Waals surface area (Å²) in [6.45, 7) is 3.74. The van der Waals surface area contributed by atoms with Gasteiger partial charge in [-0.3, -0.25) is 4.79 Å². The summed E-state index contributed by atoms with van der Waals surface area (Å²) < 4.78 is 0. The fourth-order valence-electron chi connectivity index (χ4n) is 2.34. The molecule has 2 atom stereocenters. The third-order valence-corrected chi connectivity index (χ3v) is 3.34. The molecule has 1 amide bonds. The number of hydrogen-bond donors (Lipinski definition) is 2. The molecule has 1 aromatic carbocycles. The number of carbonyl (C=O) groups is 1. The Morgan fingerprint density at radius 3 is 3.05 bits per heavy atom. The Balaban J connectivity index is 2.37. The van der Waals surface area contributed by atoms with Gasteiger partial charge in [-0.1, -0.05) is 13.0 Å². The van der Waals surface area contributed by atoms with Gasteiger partial charge in [0.25, 0.3) is 0 Å². The normalized spacial score (nSPS) is 23.4. The molecule has 1 aromatic rings. The van der Waals surface area contributed by atoms with E-state index < -0.39 is 0 Å². The van der Waals surface area contributed by atoms with Gasteiger partial charge in [-0.05, 0) is 24.1 Å². The topological polar surface area (TPSA) is 82.2 Å². The first-order valence-corrected chi connectivity index (χ1v) is 6.40. The summed E-state index contributed by atoms with van der Waals surface area (Å²) in [5.74, 6) is 0.292. The van der Waals surface area contributed by atoms with Crippen LogP contribution in [0.15, 0.2) is 24.3 Å². The lowest BCUT2D eigenvalue weighted by Crippen LogP contribution is -2.49. The highest BCUT2D eigenvalue weighted by Crippen LogP contribution is 2.21. The molecule has 0 radical (unpaired) electrons. The number of anilines is 1. The van der Waals surface area contributed by atoms with Crippen LogP contribution in [0.3, 0.4) is 0 Å². The fraction of sp³-hybridized carbons (Fsp3) is 0.429. The average Bonchev–Trinajstić information content (AvgIpc) is 2.58. The van der Waals surface area contributed by atoms with Crippen LogP contribution in [0.5, 0.6) is 0 Å². The van der Waals surface area contributed by atoms with Crippen molar-refractivity contribution in [3.8, 4) is 6.07 Å². The van der Waals surface area contributed by atoms with E-state index in [-0.39, 0.29) is 18.5 Å². The van der Waals surface area contributed by atoms with Crippen LogP contribution in [0, 0.1) is 17.2 Å². The van der Waals surface area contributed by atoms with Gasteiger partial charge < -0.3 is 16.0 Å². The van der Waals surface area contributed by atoms with Crippen LogP contribution >= 0.6 is 0 Å². The van der Waals surface area contributed by atoms with Crippen molar-refractivity contribution in [3.63, 3.8) is 0 Å². The number of nitrogens with zero attached hydrogens (tertiary/aromatic N) is 2. The zero-order valence-electron chi connectivity index (χ0n) is 11.0. The predicted octanol–water partition coefficient (Wildman–Crippen LogP) is 0.458. The lowest BCUT2D eigenvalue weighted by molar-refractivity contribution is -0.121. The summed E-state index contributed by atoms with van der Waals surface area (Å²) in [6, 6.07) is 9.03. The zero-order chi connectivity index (χ0) is 13.8. The largest absolute Gasteiger partial charge is 0.358 e. The minimum Gasteiger partial charge on any atom is -0.358 e. The standard InChI is InChI=1S/C14H18N4O/c1-10-8-17-14(19)13(7-16)18(9-10)12-4-2-3-11(5-12)6-15/h2-5,10,13H,7-9,16H2,1H3,(H,17,19). The van der Waals surface area contributed by atoms with Crippen LogP contribution in [0.25, 0.3) is 0 Å². The molecule has 1 aliphatic rings. The SMILES string of the molecule is CC1CNC(=O)C(CN)N(c2cccc(C#N)c2)C1. The molecule has 2 unspecified atom stereocenters. The average molecular weight is 258 g/mol. The first kappa shape index (κ1) is 13.4. The van der Waals surface area contributed by atoms with Gasteiger partial charge in [-0.25, -0.2) is 0 Å². The predicted molar refractivity (Wildman–Crippen MR) is 73.5 cm³/mol. The van der Waals surface area contributed by atoms with Gasteiger partial charge in [0.05, 0.1) is 11.6 Å². The monoisotopic (exact) mass is 258 g/mol. The van der Waals surface area contributed by atoms with Crippen LogP contribution in [-0.4, -0.2) is 31.6 Å². The Labute approximate surface area is 113 Å². The van der Waals surface area contributed by atoms with E-state index in [0.717, 1.165) is 12.2 Å². The number of nitriles is 1. The first-order chi connectivity index (χ1) is 9.15. The van der Waals surface area contributed by atoms with Gasteiger partial charge in [0, 0.05) is 25.3 Å². The van der Waals surface area contributed by atoms with Crippen LogP contribution < -0.4 is 16.0 Å². The molecule has 5 nitrogen and oxygen atoms in total. The maximum atomic E-state index is 12.0. The molecule has 5 heteroatoms. The highest BCUT2D eigenvalue weighted by molar-refractivity contribution is 5.86. The van der Waals surface area contributed by atoms with Crippen LogP contribution in [-0.2, 0) is 4.79 Å². The molecular weight excluding hydrogens is 240 g/mol. The summed E-state index contributed by atoms with van der Waals surface area (Å²) in [6.07, 6.45) is 0. The molecule has 0 saturated carbocycles. The van der Waals surface area contributed by atoms with E-state index in [2.05, 4.69) is 18.3 Å². The second kappa shape index (κ2) is 5.72. The number of nitrogens with two attached hydrogens (primary N) is 1. The quantitative estimate of drug-likeness (QED) is 0.807. The van der Waals surface area contributed by atoms with Crippen LogP contribution in [0.4, 0.5) is 5.69 Å². The van der Waals surface area contributed by atoms with Crippen molar-refractivity contribution in [2.75, 3.05) is 24.5 Å². The van der Waals surface area contributed by atoms with E-state index in [1.165, 1.54) is 0 Å². The van der Waals surface area contributed by atoms with E-state index in [9.17, 15) is 4.79 Å². The summed E-state index contributed by atoms with van der Waals surface area (Å²) >= 11 is 0. The molecule has 0 aliphatic carbocycles. The maximum absolute atomic E-state index is 12.0. The van der Waals surface area contributed by atoms with Crippen molar-refractivity contribution in [3.05, 3.63) is 29.8 Å². The Bertz CT molecular complexity index is 508. The number of hydrogen-bond acceptors (Lipinski definition) is 4. The molecule has 0 aromatic heterocycles. The second-order valence-corrected chi connectivity index (χ2v) is 4.92. The van der Waals surface area contributed by atoms with Crippen molar-refractivity contribution in [1.29, 1.82) is 5.26 Å². The summed E-state index contributed by atoms with van der Waals surface area (Å²) in [4.78, 5) is 14.0. The number of carbonyl (C=O) groups excluding carboxylic acids is 1. The van der Waals surface area contributed by atoms with Crippen molar-refractivity contribution < 1.29 is 4.79 Å². The van der Waals surface area contributed by atoms with Gasteiger partial charge in [0.15, 0.2) is 0 Å². The van der Waals surface area contributed by atoms with Gasteiger partial charge in [0.1, 0.15) is 6.04 Å². The highest BCUT2D eigenvalue weighted by Gasteiger charge is 2.29. The molecular formula is C14H18N4O. The van der Waals surface area contributed by atoms with E-state index in [1.807, 2.05) is 17.0 Å². The minimum atomic E-state index is -0.376. The Kier molecular flexibility index (Phi) is 4.03. The lowest BCUT2D eigenvalue weighted by Gasteiger charge is -2.30. The van der Waals surface area contributed by atoms with E-state index >= 15 is 0 Å². The first-order valence-electron chi connectivity index (χ1n) is 6.40. The van der Waals surface area contributed by atoms with Crippen LogP contribution in [0.1, 0.15) is 12.5 Å². The third-order valence-electron chi connectivity index (χ3n) is 3.34. The number of nitrogens with one attached hydrogen (secondary N) is 1. The Hall–Kier alpha value is -2.06. The van der Waals surface area contributed by atoms with Gasteiger partial charge in [-0.2, -0.15) is 5.26 Å². The third kappa shape index (κ3) is 2.85. The highest BCUT2D eigenvalue weighted by atomic mass is 16.2. The van der Waals surface area contributed by atoms with Crippen LogP contribution in [0.2, 0.25) is 0 Å². The zero-order valence-corrected chi connectivity index (χ0v) is 11.0. The Morgan fingerprint density at radius 1 is 1.58 bits per heavy atom. The molecule has 1 saturated heterocycles. The maximum Gasteiger partial charge on any atom is 0.244 e. The molecule has 1 fully saturated rings. The number of rotatable bonds is 2. The molecule has 100 valence electrons. The second-order valence-electron chi connectivity index (χ2n) is 4.92. The van der Waals surface area contributed by atoms with Crippen molar-refractivity contribution >= 4 is 11.6 Å². The van der Waals surface area contributed by atoms with Crippen molar-refractivity contribution in [2.24, 2.45) is 11.7 Å². The lowest BCUT2D eigenvalue weighted by atomic mass is 10.1. The Morgan fingerprint density at radius 2 is 2.37 bits per heavy atom. The molecule has 3 N–H and O–H groups in total. The molecule has 0 spiro atoms. The summed E-state index contributed by atoms with van der Waals surface area (Å²) in [5, 5.41) is 11.9. The molecule has 1 heterocycles. The summed E-state index contributed by atoms with van der Waals surface area (Å²) in [5.41, 5.74) is 7.20. The van der Waals surface area contributed by atoms with E-state index in [1.54, 1.807) is 12.1 Å². The molecule has 1 aliphatic heterocycles. The molecule has 0 bridgehead atoms. The minimum absolute atomic E-state index is 0.0470. The number of benzene rings is 1. The van der Waals surface area contributed by atoms with E-state index in [0.29, 0.717) is 18.0 Å². The van der Waals surface area contributed by atoms with Gasteiger partial charge >= 0.3 is 0 Å². The van der Waals surface area contributed by atoms with E-state index in [4.69, 9.17) is 11.0 Å². The number of amides is 1.